The van der Waals surface area contributed by atoms with E-state index in [0.717, 1.165) is 15.4 Å². The largest absolute Gasteiger partial charge is 0.493 e. The molecule has 9 nitrogen and oxygen atoms in total. The number of rotatable bonds is 9. The first kappa shape index (κ1) is 25.1. The Labute approximate surface area is 213 Å². The fraction of sp³-hybridized carbons (Fsp3) is 0.160. The lowest BCUT2D eigenvalue weighted by atomic mass is 10.2. The van der Waals surface area contributed by atoms with Crippen LogP contribution in [0.2, 0.25) is 0 Å². The molecule has 4 aromatic rings. The summed E-state index contributed by atoms with van der Waals surface area (Å²) in [6.07, 6.45) is 0. The Morgan fingerprint density at radius 3 is 2.31 bits per heavy atom. The molecule has 0 fully saturated rings. The number of hydrogen-bond donors (Lipinski definition) is 1. The Hall–Kier alpha value is -3.96. The number of benzene rings is 3. The predicted molar refractivity (Wildman–Crippen MR) is 139 cm³/mol. The third-order valence-electron chi connectivity index (χ3n) is 5.24. The summed E-state index contributed by atoms with van der Waals surface area (Å²) in [5.74, 6) is 0.0890. The van der Waals surface area contributed by atoms with Crippen molar-refractivity contribution in [2.45, 2.75) is 11.8 Å². The summed E-state index contributed by atoms with van der Waals surface area (Å²) in [5, 5.41) is 11.7. The lowest BCUT2D eigenvalue weighted by molar-refractivity contribution is -0.114. The normalized spacial score (nSPS) is 11.1. The average molecular weight is 525 g/mol. The lowest BCUT2D eigenvalue weighted by Crippen LogP contribution is -2.38. The van der Waals surface area contributed by atoms with E-state index in [1.807, 2.05) is 37.3 Å². The molecule has 0 spiro atoms. The smallest absolute Gasteiger partial charge is 0.264 e. The molecular weight excluding hydrogens is 500 g/mol. The van der Waals surface area contributed by atoms with Crippen LogP contribution in [0.3, 0.4) is 0 Å². The molecule has 4 rings (SSSR count). The standard InChI is InChI=1S/C25H24N4O5S2/c1-17-9-11-19(12-10-17)29(36(31,32)20-13-14-21(33-2)22(15-20)34-3)16-23(30)26-25-28-27-24(35-25)18-7-5-4-6-8-18/h4-15H,16H2,1-3H3,(H,26,28,30). The van der Waals surface area contributed by atoms with Gasteiger partial charge in [-0.2, -0.15) is 0 Å². The van der Waals surface area contributed by atoms with Gasteiger partial charge in [0.2, 0.25) is 11.0 Å². The molecule has 3 aromatic carbocycles. The molecule has 0 aliphatic heterocycles. The molecular formula is C25H24N4O5S2. The first-order chi connectivity index (χ1) is 17.3. The number of aryl methyl sites for hydroxylation is 1. The van der Waals surface area contributed by atoms with Crippen molar-refractivity contribution in [1.82, 2.24) is 10.2 Å². The number of nitrogens with zero attached hydrogens (tertiary/aromatic N) is 3. The third kappa shape index (κ3) is 5.47. The average Bonchev–Trinajstić information content (AvgIpc) is 3.36. The van der Waals surface area contributed by atoms with Gasteiger partial charge in [-0.05, 0) is 31.2 Å². The Morgan fingerprint density at radius 2 is 1.64 bits per heavy atom. The Balaban J connectivity index is 1.62. The van der Waals surface area contributed by atoms with Crippen LogP contribution in [0.4, 0.5) is 10.8 Å². The van der Waals surface area contributed by atoms with E-state index in [9.17, 15) is 13.2 Å². The number of nitrogens with one attached hydrogen (secondary N) is 1. The molecule has 1 heterocycles. The van der Waals surface area contributed by atoms with Gasteiger partial charge in [0, 0.05) is 11.6 Å². The molecule has 0 aliphatic rings. The van der Waals surface area contributed by atoms with Gasteiger partial charge in [-0.3, -0.25) is 14.4 Å². The maximum atomic E-state index is 13.7. The minimum atomic E-state index is -4.15. The zero-order valence-corrected chi connectivity index (χ0v) is 21.5. The number of carbonyl (C=O) groups excluding carboxylic acids is 1. The molecule has 1 N–H and O–H groups in total. The molecule has 0 radical (unpaired) electrons. The highest BCUT2D eigenvalue weighted by Crippen LogP contribution is 2.32. The van der Waals surface area contributed by atoms with E-state index in [-0.39, 0.29) is 15.8 Å². The van der Waals surface area contributed by atoms with Crippen molar-refractivity contribution in [3.8, 4) is 22.1 Å². The van der Waals surface area contributed by atoms with Crippen LogP contribution < -0.4 is 19.1 Å². The first-order valence-electron chi connectivity index (χ1n) is 10.8. The zero-order chi connectivity index (χ0) is 25.7. The molecule has 36 heavy (non-hydrogen) atoms. The molecule has 0 saturated carbocycles. The number of aromatic nitrogens is 2. The summed E-state index contributed by atoms with van der Waals surface area (Å²) in [5.41, 5.74) is 2.16. The van der Waals surface area contributed by atoms with Crippen LogP contribution in [0.15, 0.2) is 77.7 Å². The molecule has 0 aliphatic carbocycles. The van der Waals surface area contributed by atoms with Crippen molar-refractivity contribution in [3.05, 3.63) is 78.4 Å². The van der Waals surface area contributed by atoms with Gasteiger partial charge < -0.3 is 9.47 Å². The van der Waals surface area contributed by atoms with Gasteiger partial charge in [-0.15, -0.1) is 10.2 Å². The van der Waals surface area contributed by atoms with Gasteiger partial charge in [-0.25, -0.2) is 8.42 Å². The third-order valence-corrected chi connectivity index (χ3v) is 7.90. The van der Waals surface area contributed by atoms with E-state index in [1.54, 1.807) is 24.3 Å². The molecule has 0 bridgehead atoms. The van der Waals surface area contributed by atoms with Crippen LogP contribution in [-0.2, 0) is 14.8 Å². The highest BCUT2D eigenvalue weighted by molar-refractivity contribution is 7.92. The second-order valence-corrected chi connectivity index (χ2v) is 10.5. The van der Waals surface area contributed by atoms with Crippen LogP contribution in [-0.4, -0.2) is 45.3 Å². The SMILES string of the molecule is COc1ccc(S(=O)(=O)N(CC(=O)Nc2nnc(-c3ccccc3)s2)c2ccc(C)cc2)cc1OC. The van der Waals surface area contributed by atoms with Crippen molar-refractivity contribution in [3.63, 3.8) is 0 Å². The van der Waals surface area contributed by atoms with Crippen LogP contribution in [0.5, 0.6) is 11.5 Å². The van der Waals surface area contributed by atoms with E-state index >= 15 is 0 Å². The van der Waals surface area contributed by atoms with Crippen LogP contribution in [0.25, 0.3) is 10.6 Å². The van der Waals surface area contributed by atoms with Crippen LogP contribution >= 0.6 is 11.3 Å². The van der Waals surface area contributed by atoms with E-state index in [2.05, 4.69) is 15.5 Å². The maximum Gasteiger partial charge on any atom is 0.264 e. The highest BCUT2D eigenvalue weighted by Gasteiger charge is 2.28. The van der Waals surface area contributed by atoms with Crippen LogP contribution in [0, 0.1) is 6.92 Å². The summed E-state index contributed by atoms with van der Waals surface area (Å²) in [7, 11) is -1.26. The number of ether oxygens (including phenoxy) is 2. The molecule has 11 heteroatoms. The van der Waals surface area contributed by atoms with Crippen molar-refractivity contribution < 1.29 is 22.7 Å². The Kier molecular flexibility index (Phi) is 7.51. The van der Waals surface area contributed by atoms with Gasteiger partial charge in [0.25, 0.3) is 10.0 Å². The summed E-state index contributed by atoms with van der Waals surface area (Å²) >= 11 is 1.20. The van der Waals surface area contributed by atoms with Crippen molar-refractivity contribution in [2.24, 2.45) is 0 Å². The Morgan fingerprint density at radius 1 is 0.944 bits per heavy atom. The summed E-state index contributed by atoms with van der Waals surface area (Å²) in [6.45, 7) is 1.42. The van der Waals surface area contributed by atoms with E-state index in [4.69, 9.17) is 9.47 Å². The predicted octanol–water partition coefficient (Wildman–Crippen LogP) is 4.36. The van der Waals surface area contributed by atoms with Gasteiger partial charge in [0.15, 0.2) is 11.5 Å². The lowest BCUT2D eigenvalue weighted by Gasteiger charge is -2.24. The molecule has 0 unspecified atom stereocenters. The number of hydrogen-bond acceptors (Lipinski definition) is 8. The van der Waals surface area contributed by atoms with Gasteiger partial charge in [-0.1, -0.05) is 59.4 Å². The fourth-order valence-electron chi connectivity index (χ4n) is 3.39. The molecule has 1 aromatic heterocycles. The maximum absolute atomic E-state index is 13.7. The van der Waals surface area contributed by atoms with Gasteiger partial charge in [0.1, 0.15) is 11.6 Å². The molecule has 0 atom stereocenters. The van der Waals surface area contributed by atoms with Crippen molar-refractivity contribution >= 4 is 38.1 Å². The number of sulfonamides is 1. The first-order valence-corrected chi connectivity index (χ1v) is 13.1. The second-order valence-electron chi connectivity index (χ2n) is 7.69. The van der Waals surface area contributed by atoms with Crippen LogP contribution in [0.1, 0.15) is 5.56 Å². The Bertz CT molecular complexity index is 1460. The topological polar surface area (TPSA) is 111 Å². The second kappa shape index (κ2) is 10.8. The number of amides is 1. The minimum absolute atomic E-state index is 0.0456. The van der Waals surface area contributed by atoms with E-state index in [0.29, 0.717) is 16.4 Å². The van der Waals surface area contributed by atoms with Crippen molar-refractivity contribution in [2.75, 3.05) is 30.4 Å². The van der Waals surface area contributed by atoms with Crippen molar-refractivity contribution in [1.29, 1.82) is 0 Å². The molecule has 186 valence electrons. The van der Waals surface area contributed by atoms with Gasteiger partial charge >= 0.3 is 0 Å². The fourth-order valence-corrected chi connectivity index (χ4v) is 5.59. The summed E-state index contributed by atoms with van der Waals surface area (Å²) in [6, 6.07) is 20.6. The molecule has 1 amide bonds. The quantitative estimate of drug-likeness (QED) is 0.346. The zero-order valence-electron chi connectivity index (χ0n) is 19.8. The van der Waals surface area contributed by atoms with Gasteiger partial charge in [0.05, 0.1) is 24.8 Å². The van der Waals surface area contributed by atoms with E-state index < -0.39 is 22.5 Å². The molecule has 0 saturated heterocycles. The van der Waals surface area contributed by atoms with E-state index in [1.165, 1.54) is 43.8 Å². The number of methoxy groups -OCH3 is 2. The minimum Gasteiger partial charge on any atom is -0.493 e. The number of carbonyl (C=O) groups is 1. The summed E-state index contributed by atoms with van der Waals surface area (Å²) < 4.78 is 38.9. The highest BCUT2D eigenvalue weighted by atomic mass is 32.2. The number of anilines is 2. The monoisotopic (exact) mass is 524 g/mol. The summed E-state index contributed by atoms with van der Waals surface area (Å²) in [4.78, 5) is 12.9.